The van der Waals surface area contributed by atoms with E-state index in [0.29, 0.717) is 10.6 Å². The molecule has 2 rings (SSSR count). The van der Waals surface area contributed by atoms with Gasteiger partial charge in [-0.1, -0.05) is 17.7 Å². The summed E-state index contributed by atoms with van der Waals surface area (Å²) in [6, 6.07) is 5.54. The molecule has 94 valence electrons. The molecule has 0 amide bonds. The first-order chi connectivity index (χ1) is 8.59. The number of benzene rings is 1. The number of hydrogen-bond acceptors (Lipinski definition) is 2. The summed E-state index contributed by atoms with van der Waals surface area (Å²) in [6.45, 7) is 0.162. The molecular weight excluding hydrogens is 259 g/mol. The first-order valence-electron chi connectivity index (χ1n) is 5.31. The van der Waals surface area contributed by atoms with Gasteiger partial charge in [-0.25, -0.2) is 9.07 Å². The number of nitrogens with zero attached hydrogens (tertiary/aromatic N) is 1. The summed E-state index contributed by atoms with van der Waals surface area (Å²) >= 11 is 5.87. The van der Waals surface area contributed by atoms with Crippen LogP contribution in [0.5, 0.6) is 0 Å². The van der Waals surface area contributed by atoms with Crippen molar-refractivity contribution in [1.82, 2.24) is 9.78 Å². The van der Waals surface area contributed by atoms with Gasteiger partial charge in [-0.15, -0.1) is 0 Å². The van der Waals surface area contributed by atoms with Crippen LogP contribution in [0.1, 0.15) is 5.56 Å². The fraction of sp³-hybridized carbons (Fsp3) is 0.167. The third-order valence-corrected chi connectivity index (χ3v) is 2.92. The van der Waals surface area contributed by atoms with Crippen LogP contribution in [0.15, 0.2) is 40.1 Å². The largest absolute Gasteiger partial charge is 0.312 e. The first kappa shape index (κ1) is 12.6. The quantitative estimate of drug-likeness (QED) is 0.859. The SMILES string of the molecule is O=c1cc[nH]n(CCc2c(F)cccc2Cl)c1=O. The van der Waals surface area contributed by atoms with Gasteiger partial charge >= 0.3 is 5.56 Å². The molecule has 0 atom stereocenters. The number of nitrogens with one attached hydrogen (secondary N) is 1. The van der Waals surface area contributed by atoms with Crippen molar-refractivity contribution in [2.24, 2.45) is 0 Å². The van der Waals surface area contributed by atoms with Gasteiger partial charge in [0.2, 0.25) is 5.43 Å². The average Bonchev–Trinajstić information content (AvgIpc) is 2.33. The van der Waals surface area contributed by atoms with Gasteiger partial charge in [-0.05, 0) is 18.6 Å². The number of H-pyrrole nitrogens is 1. The molecule has 18 heavy (non-hydrogen) atoms. The molecule has 0 spiro atoms. The van der Waals surface area contributed by atoms with Gasteiger partial charge in [0.1, 0.15) is 5.82 Å². The summed E-state index contributed by atoms with van der Waals surface area (Å²) in [7, 11) is 0. The Labute approximate surface area is 107 Å². The second-order valence-corrected chi connectivity index (χ2v) is 4.14. The van der Waals surface area contributed by atoms with Crippen LogP contribution in [0.2, 0.25) is 5.02 Å². The number of aromatic amines is 1. The van der Waals surface area contributed by atoms with Gasteiger partial charge in [0.25, 0.3) is 0 Å². The number of aryl methyl sites for hydroxylation is 1. The lowest BCUT2D eigenvalue weighted by molar-refractivity contribution is 0.550. The van der Waals surface area contributed by atoms with E-state index in [1.165, 1.54) is 18.3 Å². The Balaban J connectivity index is 2.25. The van der Waals surface area contributed by atoms with Crippen molar-refractivity contribution in [3.8, 4) is 0 Å². The minimum absolute atomic E-state index is 0.162. The fourth-order valence-electron chi connectivity index (χ4n) is 1.63. The van der Waals surface area contributed by atoms with Crippen LogP contribution in [0.4, 0.5) is 4.39 Å². The number of aromatic nitrogens is 2. The molecule has 0 fully saturated rings. The van der Waals surface area contributed by atoms with Crippen LogP contribution in [0, 0.1) is 5.82 Å². The minimum atomic E-state index is -0.662. The zero-order valence-corrected chi connectivity index (χ0v) is 10.1. The second-order valence-electron chi connectivity index (χ2n) is 3.73. The molecule has 1 N–H and O–H groups in total. The summed E-state index contributed by atoms with van der Waals surface area (Å²) in [4.78, 5) is 22.6. The van der Waals surface area contributed by atoms with Crippen molar-refractivity contribution >= 4 is 11.6 Å². The molecule has 1 aromatic carbocycles. The summed E-state index contributed by atoms with van der Waals surface area (Å²) < 4.78 is 14.6. The Morgan fingerprint density at radius 1 is 1.28 bits per heavy atom. The zero-order chi connectivity index (χ0) is 13.1. The molecule has 6 heteroatoms. The van der Waals surface area contributed by atoms with Gasteiger partial charge in [-0.2, -0.15) is 0 Å². The van der Waals surface area contributed by atoms with E-state index in [4.69, 9.17) is 11.6 Å². The second kappa shape index (κ2) is 5.18. The minimum Gasteiger partial charge on any atom is -0.303 e. The smallest absolute Gasteiger partial charge is 0.303 e. The van der Waals surface area contributed by atoms with Crippen molar-refractivity contribution < 1.29 is 4.39 Å². The maximum atomic E-state index is 13.5. The average molecular weight is 269 g/mol. The van der Waals surface area contributed by atoms with Crippen molar-refractivity contribution in [1.29, 1.82) is 0 Å². The molecular formula is C12H10ClFN2O2. The Kier molecular flexibility index (Phi) is 3.62. The molecule has 0 radical (unpaired) electrons. The molecule has 4 nitrogen and oxygen atoms in total. The van der Waals surface area contributed by atoms with Crippen molar-refractivity contribution in [3.05, 3.63) is 67.4 Å². The fourth-order valence-corrected chi connectivity index (χ4v) is 1.88. The van der Waals surface area contributed by atoms with E-state index in [-0.39, 0.29) is 13.0 Å². The summed E-state index contributed by atoms with van der Waals surface area (Å²) in [5.41, 5.74) is -0.936. The van der Waals surface area contributed by atoms with Crippen LogP contribution in [0.3, 0.4) is 0 Å². The Morgan fingerprint density at radius 2 is 2.06 bits per heavy atom. The van der Waals surface area contributed by atoms with Crippen LogP contribution >= 0.6 is 11.6 Å². The molecule has 0 aliphatic rings. The molecule has 0 aliphatic heterocycles. The third kappa shape index (κ3) is 2.51. The van der Waals surface area contributed by atoms with Crippen molar-refractivity contribution in [3.63, 3.8) is 0 Å². The molecule has 1 heterocycles. The highest BCUT2D eigenvalue weighted by molar-refractivity contribution is 6.31. The maximum Gasteiger partial charge on any atom is 0.312 e. The van der Waals surface area contributed by atoms with E-state index in [1.54, 1.807) is 6.07 Å². The highest BCUT2D eigenvalue weighted by atomic mass is 35.5. The van der Waals surface area contributed by atoms with E-state index in [1.807, 2.05) is 0 Å². The maximum absolute atomic E-state index is 13.5. The molecule has 2 aromatic rings. The van der Waals surface area contributed by atoms with E-state index in [0.717, 1.165) is 10.7 Å². The van der Waals surface area contributed by atoms with Crippen molar-refractivity contribution in [2.45, 2.75) is 13.0 Å². The van der Waals surface area contributed by atoms with Crippen LogP contribution in [-0.4, -0.2) is 9.78 Å². The highest BCUT2D eigenvalue weighted by Gasteiger charge is 2.07. The van der Waals surface area contributed by atoms with Crippen molar-refractivity contribution in [2.75, 3.05) is 0 Å². The van der Waals surface area contributed by atoms with E-state index in [9.17, 15) is 14.0 Å². The lowest BCUT2D eigenvalue weighted by atomic mass is 10.1. The predicted molar refractivity (Wildman–Crippen MR) is 66.4 cm³/mol. The lowest BCUT2D eigenvalue weighted by Gasteiger charge is -2.07. The number of hydrogen-bond donors (Lipinski definition) is 1. The summed E-state index contributed by atoms with van der Waals surface area (Å²) in [5.74, 6) is -0.422. The molecule has 0 unspecified atom stereocenters. The van der Waals surface area contributed by atoms with Gasteiger partial charge in [0.05, 0.1) is 0 Å². The van der Waals surface area contributed by atoms with Gasteiger partial charge in [-0.3, -0.25) is 9.59 Å². The Morgan fingerprint density at radius 3 is 2.78 bits per heavy atom. The van der Waals surface area contributed by atoms with E-state index in [2.05, 4.69) is 5.10 Å². The third-order valence-electron chi connectivity index (χ3n) is 2.57. The van der Waals surface area contributed by atoms with Crippen LogP contribution < -0.4 is 11.0 Å². The molecule has 1 aromatic heterocycles. The highest BCUT2D eigenvalue weighted by Crippen LogP contribution is 2.19. The van der Waals surface area contributed by atoms with E-state index >= 15 is 0 Å². The first-order valence-corrected chi connectivity index (χ1v) is 5.69. The molecule has 0 saturated heterocycles. The summed E-state index contributed by atoms with van der Waals surface area (Å²) in [5, 5.41) is 2.93. The monoisotopic (exact) mass is 268 g/mol. The van der Waals surface area contributed by atoms with E-state index < -0.39 is 16.8 Å². The molecule has 0 bridgehead atoms. The van der Waals surface area contributed by atoms with Gasteiger partial charge < -0.3 is 5.10 Å². The number of rotatable bonds is 3. The lowest BCUT2D eigenvalue weighted by Crippen LogP contribution is -2.35. The molecule has 0 saturated carbocycles. The topological polar surface area (TPSA) is 54.9 Å². The predicted octanol–water partition coefficient (Wildman–Crippen LogP) is 1.57. The summed E-state index contributed by atoms with van der Waals surface area (Å²) in [6.07, 6.45) is 1.60. The molecule has 0 aliphatic carbocycles. The Hall–Kier alpha value is -1.88. The standard InChI is InChI=1S/C12H10ClFN2O2/c13-9-2-1-3-10(14)8(9)5-7-16-12(18)11(17)4-6-15-16/h1-4,6,15H,5,7H2. The van der Waals surface area contributed by atoms with Crippen LogP contribution in [0.25, 0.3) is 0 Å². The number of halogens is 2. The van der Waals surface area contributed by atoms with Crippen LogP contribution in [-0.2, 0) is 13.0 Å². The normalized spacial score (nSPS) is 10.6. The van der Waals surface area contributed by atoms with Gasteiger partial charge in [0.15, 0.2) is 0 Å². The van der Waals surface area contributed by atoms with Gasteiger partial charge in [0, 0.05) is 29.4 Å². The Bertz CT molecular complexity index is 658. The zero-order valence-electron chi connectivity index (χ0n) is 9.32.